The van der Waals surface area contributed by atoms with Crippen molar-refractivity contribution in [3.8, 4) is 0 Å². The maximum atomic E-state index is 12.6. The van der Waals surface area contributed by atoms with E-state index in [1.165, 1.54) is 25.2 Å². The average Bonchev–Trinajstić information content (AvgIpc) is 2.16. The lowest BCUT2D eigenvalue weighted by molar-refractivity contribution is -0.118. The maximum Gasteiger partial charge on any atom is 0.239 e. The molecule has 4 N–H and O–H groups in total. The maximum absolute atomic E-state index is 12.6. The molecule has 14 heavy (non-hydrogen) atoms. The molecule has 1 aromatic carbocycles. The smallest absolute Gasteiger partial charge is 0.239 e. The van der Waals surface area contributed by atoms with Crippen molar-refractivity contribution in [1.29, 1.82) is 0 Å². The number of carbonyl (C=O) groups excluding carboxylic acids is 1. The fourth-order valence-electron chi connectivity index (χ4n) is 0.958. The number of nitrogens with one attached hydrogen (secondary N) is 2. The van der Waals surface area contributed by atoms with Crippen molar-refractivity contribution in [3.05, 3.63) is 24.0 Å². The van der Waals surface area contributed by atoms with E-state index in [0.717, 1.165) is 0 Å². The van der Waals surface area contributed by atoms with E-state index >= 15 is 0 Å². The Bertz CT molecular complexity index is 341. The summed E-state index contributed by atoms with van der Waals surface area (Å²) in [5.74, 6) is -0.554. The molecule has 0 saturated carbocycles. The fourth-order valence-corrected chi connectivity index (χ4v) is 0.958. The number of hydrogen-bond donors (Lipinski definition) is 3. The van der Waals surface area contributed by atoms with Gasteiger partial charge < -0.3 is 16.4 Å². The van der Waals surface area contributed by atoms with E-state index < -0.39 is 5.82 Å². The van der Waals surface area contributed by atoms with E-state index in [1.54, 1.807) is 0 Å². The van der Waals surface area contributed by atoms with Gasteiger partial charge in [-0.3, -0.25) is 4.79 Å². The Morgan fingerprint density at radius 1 is 1.57 bits per heavy atom. The van der Waals surface area contributed by atoms with Gasteiger partial charge in [-0.25, -0.2) is 4.39 Å². The standard InChI is InChI=1S/C9H12FN3O/c1-12-9(14)5-13-8-3-2-6(10)4-7(8)11/h2-4,13H,5,11H2,1H3,(H,12,14). The Kier molecular flexibility index (Phi) is 3.28. The molecule has 0 heterocycles. The van der Waals surface area contributed by atoms with E-state index in [1.807, 2.05) is 0 Å². The highest BCUT2D eigenvalue weighted by Gasteiger charge is 2.02. The highest BCUT2D eigenvalue weighted by Crippen LogP contribution is 2.18. The molecule has 0 fully saturated rings. The molecule has 0 atom stereocenters. The molecule has 0 bridgehead atoms. The summed E-state index contributed by atoms with van der Waals surface area (Å²) in [4.78, 5) is 10.9. The summed E-state index contributed by atoms with van der Waals surface area (Å²) in [5, 5.41) is 5.24. The Morgan fingerprint density at radius 2 is 2.29 bits per heavy atom. The van der Waals surface area contributed by atoms with E-state index in [2.05, 4.69) is 10.6 Å². The second-order valence-corrected chi connectivity index (χ2v) is 2.76. The Balaban J connectivity index is 2.63. The predicted octanol–water partition coefficient (Wildman–Crippen LogP) is 0.566. The number of nitrogen functional groups attached to an aromatic ring is 1. The zero-order chi connectivity index (χ0) is 10.6. The average molecular weight is 197 g/mol. The van der Waals surface area contributed by atoms with Crippen LogP contribution in [0.15, 0.2) is 18.2 Å². The number of likely N-dealkylation sites (N-methyl/N-ethyl adjacent to an activating group) is 1. The van der Waals surface area contributed by atoms with Crippen LogP contribution in [-0.2, 0) is 4.79 Å². The summed E-state index contributed by atoms with van der Waals surface area (Å²) < 4.78 is 12.6. The first-order chi connectivity index (χ1) is 6.63. The van der Waals surface area contributed by atoms with Gasteiger partial charge in [0.1, 0.15) is 5.82 Å². The molecule has 4 nitrogen and oxygen atoms in total. The highest BCUT2D eigenvalue weighted by atomic mass is 19.1. The largest absolute Gasteiger partial charge is 0.397 e. The third kappa shape index (κ3) is 2.62. The summed E-state index contributed by atoms with van der Waals surface area (Å²) in [7, 11) is 1.54. The van der Waals surface area contributed by atoms with Crippen LogP contribution in [0.1, 0.15) is 0 Å². The number of halogens is 1. The highest BCUT2D eigenvalue weighted by molar-refractivity contribution is 5.81. The van der Waals surface area contributed by atoms with Crippen LogP contribution in [-0.4, -0.2) is 19.5 Å². The second-order valence-electron chi connectivity index (χ2n) is 2.76. The summed E-state index contributed by atoms with van der Waals surface area (Å²) in [5.41, 5.74) is 6.35. The zero-order valence-electron chi connectivity index (χ0n) is 7.80. The van der Waals surface area contributed by atoms with Crippen molar-refractivity contribution >= 4 is 17.3 Å². The third-order valence-electron chi connectivity index (χ3n) is 1.73. The first-order valence-electron chi connectivity index (χ1n) is 4.13. The summed E-state index contributed by atoms with van der Waals surface area (Å²) in [6.45, 7) is 0.117. The molecule has 0 unspecified atom stereocenters. The molecule has 0 aliphatic rings. The van der Waals surface area contributed by atoms with Crippen molar-refractivity contribution in [2.75, 3.05) is 24.6 Å². The van der Waals surface area contributed by atoms with E-state index in [-0.39, 0.29) is 18.1 Å². The Labute approximate surface area is 81.3 Å². The summed E-state index contributed by atoms with van der Waals surface area (Å²) in [6.07, 6.45) is 0. The number of benzene rings is 1. The lowest BCUT2D eigenvalue weighted by Crippen LogP contribution is -2.26. The van der Waals surface area contributed by atoms with E-state index in [4.69, 9.17) is 5.73 Å². The topological polar surface area (TPSA) is 67.2 Å². The SMILES string of the molecule is CNC(=O)CNc1ccc(F)cc1N. The second kappa shape index (κ2) is 4.45. The van der Waals surface area contributed by atoms with Crippen LogP contribution in [0.25, 0.3) is 0 Å². The number of carbonyl (C=O) groups is 1. The van der Waals surface area contributed by atoms with E-state index in [9.17, 15) is 9.18 Å². The molecule has 0 spiro atoms. The van der Waals surface area contributed by atoms with Gasteiger partial charge in [-0.1, -0.05) is 0 Å². The fraction of sp³-hybridized carbons (Fsp3) is 0.222. The van der Waals surface area contributed by atoms with Gasteiger partial charge in [0, 0.05) is 7.05 Å². The molecular formula is C9H12FN3O. The lowest BCUT2D eigenvalue weighted by Gasteiger charge is -2.07. The zero-order valence-corrected chi connectivity index (χ0v) is 7.80. The molecule has 1 aromatic rings. The molecule has 1 amide bonds. The minimum atomic E-state index is -0.395. The first kappa shape index (κ1) is 10.3. The molecule has 0 aliphatic heterocycles. The summed E-state index contributed by atoms with van der Waals surface area (Å²) >= 11 is 0. The van der Waals surface area contributed by atoms with Crippen LogP contribution in [0, 0.1) is 5.82 Å². The minimum absolute atomic E-state index is 0.117. The van der Waals surface area contributed by atoms with Crippen LogP contribution < -0.4 is 16.4 Å². The van der Waals surface area contributed by atoms with Crippen LogP contribution in [0.5, 0.6) is 0 Å². The first-order valence-corrected chi connectivity index (χ1v) is 4.13. The van der Waals surface area contributed by atoms with Crippen molar-refractivity contribution in [1.82, 2.24) is 5.32 Å². The van der Waals surface area contributed by atoms with Crippen LogP contribution >= 0.6 is 0 Å². The van der Waals surface area contributed by atoms with Gasteiger partial charge in [-0.2, -0.15) is 0 Å². The molecule has 0 aliphatic carbocycles. The van der Waals surface area contributed by atoms with Gasteiger partial charge >= 0.3 is 0 Å². The molecular weight excluding hydrogens is 185 g/mol. The summed E-state index contributed by atoms with van der Waals surface area (Å²) in [6, 6.07) is 3.97. The predicted molar refractivity (Wildman–Crippen MR) is 53.4 cm³/mol. The van der Waals surface area contributed by atoms with Gasteiger partial charge in [0.05, 0.1) is 17.9 Å². The number of amides is 1. The number of rotatable bonds is 3. The van der Waals surface area contributed by atoms with Gasteiger partial charge in [-0.15, -0.1) is 0 Å². The molecule has 0 saturated heterocycles. The Morgan fingerprint density at radius 3 is 2.86 bits per heavy atom. The van der Waals surface area contributed by atoms with Gasteiger partial charge in [0.25, 0.3) is 0 Å². The van der Waals surface area contributed by atoms with Crippen molar-refractivity contribution in [2.45, 2.75) is 0 Å². The van der Waals surface area contributed by atoms with Crippen LogP contribution in [0.4, 0.5) is 15.8 Å². The van der Waals surface area contributed by atoms with Gasteiger partial charge in [0.15, 0.2) is 0 Å². The third-order valence-corrected chi connectivity index (χ3v) is 1.73. The minimum Gasteiger partial charge on any atom is -0.397 e. The molecule has 5 heteroatoms. The van der Waals surface area contributed by atoms with Crippen LogP contribution in [0.3, 0.4) is 0 Å². The normalized spacial score (nSPS) is 9.57. The number of hydrogen-bond acceptors (Lipinski definition) is 3. The van der Waals surface area contributed by atoms with Gasteiger partial charge in [-0.05, 0) is 18.2 Å². The Hall–Kier alpha value is -1.78. The lowest BCUT2D eigenvalue weighted by atomic mass is 10.2. The number of nitrogens with two attached hydrogens (primary N) is 1. The van der Waals surface area contributed by atoms with Crippen LogP contribution in [0.2, 0.25) is 0 Å². The number of anilines is 2. The quantitative estimate of drug-likeness (QED) is 0.620. The van der Waals surface area contributed by atoms with Crippen molar-refractivity contribution in [2.24, 2.45) is 0 Å². The van der Waals surface area contributed by atoms with Crippen molar-refractivity contribution < 1.29 is 9.18 Å². The molecule has 0 aromatic heterocycles. The monoisotopic (exact) mass is 197 g/mol. The molecule has 0 radical (unpaired) electrons. The van der Waals surface area contributed by atoms with Crippen molar-refractivity contribution in [3.63, 3.8) is 0 Å². The van der Waals surface area contributed by atoms with E-state index in [0.29, 0.717) is 5.69 Å². The molecule has 76 valence electrons. The molecule has 1 rings (SSSR count). The van der Waals surface area contributed by atoms with Gasteiger partial charge in [0.2, 0.25) is 5.91 Å².